The molecule has 18 heavy (non-hydrogen) atoms. The smallest absolute Gasteiger partial charge is 0.305 e. The van der Waals surface area contributed by atoms with E-state index in [1.807, 2.05) is 32.0 Å². The van der Waals surface area contributed by atoms with Gasteiger partial charge in [0.05, 0.1) is 12.5 Å². The highest BCUT2D eigenvalue weighted by atomic mass is 16.4. The summed E-state index contributed by atoms with van der Waals surface area (Å²) >= 11 is 0. The van der Waals surface area contributed by atoms with Crippen LogP contribution < -0.4 is 11.1 Å². The summed E-state index contributed by atoms with van der Waals surface area (Å²) in [4.78, 5) is 21.9. The van der Waals surface area contributed by atoms with Gasteiger partial charge in [-0.2, -0.15) is 0 Å². The van der Waals surface area contributed by atoms with E-state index in [2.05, 4.69) is 5.32 Å². The van der Waals surface area contributed by atoms with Crippen LogP contribution in [-0.4, -0.2) is 23.0 Å². The van der Waals surface area contributed by atoms with Gasteiger partial charge in [-0.1, -0.05) is 18.2 Å². The molecular formula is C13H18N2O3. The molecule has 0 bridgehead atoms. The van der Waals surface area contributed by atoms with Gasteiger partial charge in [0.25, 0.3) is 0 Å². The summed E-state index contributed by atoms with van der Waals surface area (Å²) in [7, 11) is 0. The standard InChI is InChI=1S/C13H18N2O3/c1-8-3-4-10(5-9(8)2)7-15-13(18)11(14)6-12(16)17/h3-5,11H,6-7,14H2,1-2H3,(H,15,18)(H,16,17). The molecule has 0 aliphatic rings. The van der Waals surface area contributed by atoms with Crippen LogP contribution in [0.3, 0.4) is 0 Å². The van der Waals surface area contributed by atoms with E-state index in [0.717, 1.165) is 11.1 Å². The van der Waals surface area contributed by atoms with Crippen LogP contribution in [0.5, 0.6) is 0 Å². The van der Waals surface area contributed by atoms with E-state index in [-0.39, 0.29) is 6.42 Å². The molecule has 0 heterocycles. The quantitative estimate of drug-likeness (QED) is 0.718. The number of aliphatic carboxylic acids is 1. The average Bonchev–Trinajstić information content (AvgIpc) is 2.29. The van der Waals surface area contributed by atoms with Gasteiger partial charge in [0, 0.05) is 6.54 Å². The first-order valence-corrected chi connectivity index (χ1v) is 5.71. The summed E-state index contributed by atoms with van der Waals surface area (Å²) in [6.07, 6.45) is -0.362. The average molecular weight is 250 g/mol. The third kappa shape index (κ3) is 4.18. The summed E-state index contributed by atoms with van der Waals surface area (Å²) in [5.41, 5.74) is 8.75. The Morgan fingerprint density at radius 1 is 1.33 bits per heavy atom. The number of carboxylic acid groups (broad SMARTS) is 1. The summed E-state index contributed by atoms with van der Waals surface area (Å²) in [6, 6.07) is 4.88. The lowest BCUT2D eigenvalue weighted by atomic mass is 10.1. The minimum Gasteiger partial charge on any atom is -0.481 e. The van der Waals surface area contributed by atoms with Crippen molar-refractivity contribution in [1.82, 2.24) is 5.32 Å². The second kappa shape index (κ2) is 6.16. The summed E-state index contributed by atoms with van der Waals surface area (Å²) < 4.78 is 0. The van der Waals surface area contributed by atoms with E-state index >= 15 is 0 Å². The molecule has 1 atom stereocenters. The molecular weight excluding hydrogens is 232 g/mol. The predicted octanol–water partition coefficient (Wildman–Crippen LogP) is 0.722. The van der Waals surface area contributed by atoms with Crippen LogP contribution >= 0.6 is 0 Å². The monoisotopic (exact) mass is 250 g/mol. The Balaban J connectivity index is 2.52. The number of benzene rings is 1. The number of nitrogens with one attached hydrogen (secondary N) is 1. The van der Waals surface area contributed by atoms with E-state index in [4.69, 9.17) is 10.8 Å². The van der Waals surface area contributed by atoms with Crippen LogP contribution in [0.15, 0.2) is 18.2 Å². The molecule has 0 aliphatic heterocycles. The van der Waals surface area contributed by atoms with Crippen LogP contribution in [0, 0.1) is 13.8 Å². The molecule has 4 N–H and O–H groups in total. The van der Waals surface area contributed by atoms with Gasteiger partial charge in [-0.3, -0.25) is 9.59 Å². The lowest BCUT2D eigenvalue weighted by Gasteiger charge is -2.11. The van der Waals surface area contributed by atoms with E-state index < -0.39 is 17.9 Å². The van der Waals surface area contributed by atoms with Gasteiger partial charge in [0.15, 0.2) is 0 Å². The Hall–Kier alpha value is -1.88. The molecule has 0 saturated carbocycles. The molecule has 1 amide bonds. The Bertz CT molecular complexity index is 458. The van der Waals surface area contributed by atoms with Crippen molar-refractivity contribution in [3.8, 4) is 0 Å². The summed E-state index contributed by atoms with van der Waals surface area (Å²) in [5.74, 6) is -1.53. The lowest BCUT2D eigenvalue weighted by Crippen LogP contribution is -2.41. The number of carboxylic acids is 1. The van der Waals surface area contributed by atoms with Crippen molar-refractivity contribution in [2.45, 2.75) is 32.9 Å². The molecule has 0 aromatic heterocycles. The molecule has 0 saturated heterocycles. The van der Waals surface area contributed by atoms with Crippen molar-refractivity contribution in [2.75, 3.05) is 0 Å². The lowest BCUT2D eigenvalue weighted by molar-refractivity contribution is -0.139. The molecule has 0 radical (unpaired) electrons. The fourth-order valence-corrected chi connectivity index (χ4v) is 1.51. The Labute approximate surface area is 106 Å². The number of carbonyl (C=O) groups is 2. The van der Waals surface area contributed by atoms with Gasteiger partial charge in [0.1, 0.15) is 0 Å². The number of hydrogen-bond acceptors (Lipinski definition) is 3. The number of carbonyl (C=O) groups excluding carboxylic acids is 1. The summed E-state index contributed by atoms with van der Waals surface area (Å²) in [6.45, 7) is 4.37. The van der Waals surface area contributed by atoms with Gasteiger partial charge >= 0.3 is 5.97 Å². The van der Waals surface area contributed by atoms with E-state index in [0.29, 0.717) is 6.54 Å². The number of amides is 1. The SMILES string of the molecule is Cc1ccc(CNC(=O)C(N)CC(=O)O)cc1C. The highest BCUT2D eigenvalue weighted by Crippen LogP contribution is 2.09. The van der Waals surface area contributed by atoms with Crippen LogP contribution in [0.25, 0.3) is 0 Å². The van der Waals surface area contributed by atoms with Crippen LogP contribution in [0.1, 0.15) is 23.1 Å². The molecule has 0 spiro atoms. The van der Waals surface area contributed by atoms with Gasteiger partial charge < -0.3 is 16.2 Å². The fourth-order valence-electron chi connectivity index (χ4n) is 1.51. The van der Waals surface area contributed by atoms with Crippen molar-refractivity contribution in [3.63, 3.8) is 0 Å². The third-order valence-corrected chi connectivity index (χ3v) is 2.77. The maximum Gasteiger partial charge on any atom is 0.305 e. The first kappa shape index (κ1) is 14.2. The topological polar surface area (TPSA) is 92.4 Å². The fraction of sp³-hybridized carbons (Fsp3) is 0.385. The van der Waals surface area contributed by atoms with E-state index in [9.17, 15) is 9.59 Å². The van der Waals surface area contributed by atoms with Crippen molar-refractivity contribution in [3.05, 3.63) is 34.9 Å². The first-order valence-electron chi connectivity index (χ1n) is 5.71. The molecule has 98 valence electrons. The van der Waals surface area contributed by atoms with Crippen molar-refractivity contribution < 1.29 is 14.7 Å². The number of aryl methyl sites for hydroxylation is 2. The summed E-state index contributed by atoms with van der Waals surface area (Å²) in [5, 5.41) is 11.1. The zero-order chi connectivity index (χ0) is 13.7. The molecule has 1 aromatic rings. The Morgan fingerprint density at radius 2 is 2.00 bits per heavy atom. The van der Waals surface area contributed by atoms with Crippen molar-refractivity contribution >= 4 is 11.9 Å². The van der Waals surface area contributed by atoms with Crippen molar-refractivity contribution in [2.24, 2.45) is 5.73 Å². The number of rotatable bonds is 5. The van der Waals surface area contributed by atoms with Gasteiger partial charge in [-0.15, -0.1) is 0 Å². The zero-order valence-corrected chi connectivity index (χ0v) is 10.6. The molecule has 1 aromatic carbocycles. The third-order valence-electron chi connectivity index (χ3n) is 2.77. The molecule has 1 unspecified atom stereocenters. The minimum atomic E-state index is -1.08. The van der Waals surface area contributed by atoms with E-state index in [1.165, 1.54) is 5.56 Å². The van der Waals surface area contributed by atoms with Crippen LogP contribution in [0.4, 0.5) is 0 Å². The maximum absolute atomic E-state index is 11.5. The van der Waals surface area contributed by atoms with Crippen LogP contribution in [0.2, 0.25) is 0 Å². The molecule has 0 fully saturated rings. The second-order valence-electron chi connectivity index (χ2n) is 4.34. The van der Waals surface area contributed by atoms with Gasteiger partial charge in [0.2, 0.25) is 5.91 Å². The molecule has 1 rings (SSSR count). The molecule has 0 aliphatic carbocycles. The number of hydrogen-bond donors (Lipinski definition) is 3. The molecule has 5 nitrogen and oxygen atoms in total. The maximum atomic E-state index is 11.5. The highest BCUT2D eigenvalue weighted by Gasteiger charge is 2.16. The normalized spacial score (nSPS) is 11.9. The highest BCUT2D eigenvalue weighted by molar-refractivity contribution is 5.85. The predicted molar refractivity (Wildman–Crippen MR) is 68.0 cm³/mol. The van der Waals surface area contributed by atoms with Gasteiger partial charge in [-0.05, 0) is 30.5 Å². The van der Waals surface area contributed by atoms with E-state index in [1.54, 1.807) is 0 Å². The van der Waals surface area contributed by atoms with Crippen molar-refractivity contribution in [1.29, 1.82) is 0 Å². The Kier molecular flexibility index (Phi) is 4.85. The van der Waals surface area contributed by atoms with Crippen LogP contribution in [-0.2, 0) is 16.1 Å². The number of nitrogens with two attached hydrogens (primary N) is 1. The van der Waals surface area contributed by atoms with Gasteiger partial charge in [-0.25, -0.2) is 0 Å². The largest absolute Gasteiger partial charge is 0.481 e. The molecule has 5 heteroatoms. The minimum absolute atomic E-state index is 0.354. The zero-order valence-electron chi connectivity index (χ0n) is 10.6. The first-order chi connectivity index (χ1) is 8.40. The second-order valence-corrected chi connectivity index (χ2v) is 4.34. The Morgan fingerprint density at radius 3 is 2.56 bits per heavy atom.